The Morgan fingerprint density at radius 2 is 2.00 bits per heavy atom. The van der Waals surface area contributed by atoms with Gasteiger partial charge in [-0.25, -0.2) is 4.98 Å². The van der Waals surface area contributed by atoms with Crippen molar-refractivity contribution in [3.05, 3.63) is 64.2 Å². The van der Waals surface area contributed by atoms with Gasteiger partial charge in [-0.1, -0.05) is 0 Å². The van der Waals surface area contributed by atoms with E-state index in [9.17, 15) is 9.90 Å². The van der Waals surface area contributed by atoms with Crippen molar-refractivity contribution >= 4 is 27.2 Å². The number of quaternary nitrogens is 1. The zero-order valence-electron chi connectivity index (χ0n) is 15.7. The number of thiophene rings is 1. The molecule has 1 aliphatic heterocycles. The lowest BCUT2D eigenvalue weighted by Crippen LogP contribution is -3.13. The van der Waals surface area contributed by atoms with E-state index in [4.69, 9.17) is 9.40 Å². The highest BCUT2D eigenvalue weighted by molar-refractivity contribution is 7.17. The lowest BCUT2D eigenvalue weighted by Gasteiger charge is -2.33. The molecule has 1 aromatic carbocycles. The van der Waals surface area contributed by atoms with Crippen LogP contribution < -0.4 is 15.4 Å². The van der Waals surface area contributed by atoms with Crippen molar-refractivity contribution in [2.24, 2.45) is 0 Å². The number of aromatic amines is 1. The molecule has 0 unspecified atom stereocenters. The number of rotatable bonds is 4. The summed E-state index contributed by atoms with van der Waals surface area (Å²) in [6.45, 7) is 4.47. The molecular formula is C21H21N4O3S+. The van der Waals surface area contributed by atoms with Crippen LogP contribution in [0.4, 0.5) is 5.69 Å². The molecule has 3 aromatic heterocycles. The molecule has 1 aliphatic rings. The number of fused-ring (bicyclic) bond motifs is 1. The summed E-state index contributed by atoms with van der Waals surface area (Å²) >= 11 is 1.47. The molecule has 4 aromatic rings. The van der Waals surface area contributed by atoms with Gasteiger partial charge in [0, 0.05) is 16.6 Å². The van der Waals surface area contributed by atoms with Gasteiger partial charge < -0.3 is 24.3 Å². The van der Waals surface area contributed by atoms with Crippen LogP contribution in [0.3, 0.4) is 0 Å². The Morgan fingerprint density at radius 1 is 1.21 bits per heavy atom. The minimum Gasteiger partial charge on any atom is -0.508 e. The fourth-order valence-electron chi connectivity index (χ4n) is 3.85. The summed E-state index contributed by atoms with van der Waals surface area (Å²) < 4.78 is 5.45. The van der Waals surface area contributed by atoms with Gasteiger partial charge in [0.2, 0.25) is 0 Å². The van der Waals surface area contributed by atoms with Crippen molar-refractivity contribution in [2.45, 2.75) is 6.54 Å². The Morgan fingerprint density at radius 3 is 2.72 bits per heavy atom. The maximum Gasteiger partial charge on any atom is 0.260 e. The lowest BCUT2D eigenvalue weighted by atomic mass is 10.2. The third-order valence-electron chi connectivity index (χ3n) is 5.38. The molecule has 0 bridgehead atoms. The third-order valence-corrected chi connectivity index (χ3v) is 6.25. The summed E-state index contributed by atoms with van der Waals surface area (Å²) in [6.07, 6.45) is 1.61. The molecule has 3 N–H and O–H groups in total. The number of anilines is 1. The number of H-pyrrole nitrogens is 1. The number of hydrogen-bond acceptors (Lipinski definition) is 6. The van der Waals surface area contributed by atoms with Crippen molar-refractivity contribution in [3.63, 3.8) is 0 Å². The van der Waals surface area contributed by atoms with Crippen LogP contribution in [0.15, 0.2) is 57.3 Å². The summed E-state index contributed by atoms with van der Waals surface area (Å²) in [6, 6.07) is 11.0. The molecule has 0 amide bonds. The van der Waals surface area contributed by atoms with Gasteiger partial charge in [0.15, 0.2) is 5.82 Å². The number of nitrogens with zero attached hydrogens (tertiary/aromatic N) is 2. The van der Waals surface area contributed by atoms with Gasteiger partial charge in [-0.3, -0.25) is 4.79 Å². The molecule has 5 rings (SSSR count). The highest BCUT2D eigenvalue weighted by atomic mass is 32.1. The van der Waals surface area contributed by atoms with E-state index in [-0.39, 0.29) is 11.3 Å². The van der Waals surface area contributed by atoms with Crippen LogP contribution >= 0.6 is 11.3 Å². The molecule has 1 saturated heterocycles. The number of nitrogens with one attached hydrogen (secondary N) is 2. The molecule has 0 saturated carbocycles. The van der Waals surface area contributed by atoms with E-state index < -0.39 is 0 Å². The van der Waals surface area contributed by atoms with Gasteiger partial charge in [0.05, 0.1) is 37.8 Å². The number of furan rings is 1. The first-order valence-electron chi connectivity index (χ1n) is 9.59. The molecule has 0 spiro atoms. The van der Waals surface area contributed by atoms with E-state index >= 15 is 0 Å². The van der Waals surface area contributed by atoms with E-state index in [0.717, 1.165) is 48.1 Å². The van der Waals surface area contributed by atoms with E-state index in [1.807, 2.05) is 29.6 Å². The maximum absolute atomic E-state index is 12.7. The zero-order valence-corrected chi connectivity index (χ0v) is 16.5. The summed E-state index contributed by atoms with van der Waals surface area (Å²) in [5.41, 5.74) is 1.81. The molecule has 148 valence electrons. The zero-order chi connectivity index (χ0) is 19.8. The van der Waals surface area contributed by atoms with E-state index in [2.05, 4.69) is 9.88 Å². The second kappa shape index (κ2) is 7.38. The van der Waals surface area contributed by atoms with Crippen LogP contribution in [-0.2, 0) is 6.54 Å². The average molecular weight is 409 g/mol. The number of benzene rings is 1. The number of aromatic nitrogens is 2. The van der Waals surface area contributed by atoms with E-state index in [1.54, 1.807) is 18.4 Å². The Hall–Kier alpha value is -3.10. The monoisotopic (exact) mass is 409 g/mol. The summed E-state index contributed by atoms with van der Waals surface area (Å²) in [7, 11) is 0. The largest absolute Gasteiger partial charge is 0.508 e. The fraction of sp³-hybridized carbons (Fsp3) is 0.238. The third kappa shape index (κ3) is 3.52. The van der Waals surface area contributed by atoms with Gasteiger partial charge >= 0.3 is 0 Å². The maximum atomic E-state index is 12.7. The van der Waals surface area contributed by atoms with Crippen LogP contribution in [-0.4, -0.2) is 41.3 Å². The summed E-state index contributed by atoms with van der Waals surface area (Å²) in [5.74, 6) is 1.70. The second-order valence-corrected chi connectivity index (χ2v) is 8.11. The Bertz CT molecular complexity index is 1170. The molecular weight excluding hydrogens is 388 g/mol. The predicted molar refractivity (Wildman–Crippen MR) is 113 cm³/mol. The number of hydrogen-bond donors (Lipinski definition) is 3. The Kier molecular flexibility index (Phi) is 4.57. The first kappa shape index (κ1) is 18.0. The number of piperazine rings is 1. The Balaban J connectivity index is 1.30. The normalized spacial score (nSPS) is 15.2. The molecule has 0 radical (unpaired) electrons. The van der Waals surface area contributed by atoms with E-state index in [1.165, 1.54) is 16.2 Å². The smallest absolute Gasteiger partial charge is 0.260 e. The molecule has 1 fully saturated rings. The van der Waals surface area contributed by atoms with Crippen molar-refractivity contribution < 1.29 is 14.4 Å². The standard InChI is InChI=1S/C21H20N4O3S/c26-15-5-3-14(4-6-15)25-9-7-24(8-10-25)12-18-22-20(27)19-16(13-29-21(19)23-18)17-2-1-11-28-17/h1-6,11,13,26H,7-10,12H2,(H,22,23,27)/p+1. The quantitative estimate of drug-likeness (QED) is 0.479. The van der Waals surface area contributed by atoms with Gasteiger partial charge in [-0.05, 0) is 36.4 Å². The van der Waals surface area contributed by atoms with Crippen LogP contribution in [0.1, 0.15) is 5.82 Å². The van der Waals surface area contributed by atoms with Crippen molar-refractivity contribution in [1.29, 1.82) is 0 Å². The second-order valence-electron chi connectivity index (χ2n) is 7.25. The Labute approximate surface area is 170 Å². The molecule has 29 heavy (non-hydrogen) atoms. The van der Waals surface area contributed by atoms with E-state index in [0.29, 0.717) is 17.7 Å². The number of phenols is 1. The summed E-state index contributed by atoms with van der Waals surface area (Å²) in [4.78, 5) is 24.9. The van der Waals surface area contributed by atoms with Gasteiger partial charge in [0.1, 0.15) is 22.9 Å². The van der Waals surface area contributed by atoms with Crippen LogP contribution in [0.2, 0.25) is 0 Å². The highest BCUT2D eigenvalue weighted by Gasteiger charge is 2.22. The van der Waals surface area contributed by atoms with Gasteiger partial charge in [0.25, 0.3) is 5.56 Å². The minimum absolute atomic E-state index is 0.111. The van der Waals surface area contributed by atoms with Crippen LogP contribution in [0.25, 0.3) is 21.5 Å². The molecule has 4 heterocycles. The molecule has 0 atom stereocenters. The first-order chi connectivity index (χ1) is 14.2. The van der Waals surface area contributed by atoms with Crippen LogP contribution in [0, 0.1) is 0 Å². The molecule has 7 nitrogen and oxygen atoms in total. The van der Waals surface area contributed by atoms with Crippen molar-refractivity contribution in [2.75, 3.05) is 31.1 Å². The average Bonchev–Trinajstić information content (AvgIpc) is 3.39. The number of aromatic hydroxyl groups is 1. The first-order valence-corrected chi connectivity index (χ1v) is 10.5. The minimum atomic E-state index is -0.111. The van der Waals surface area contributed by atoms with Gasteiger partial charge in [-0.15, -0.1) is 11.3 Å². The molecule has 8 heteroatoms. The van der Waals surface area contributed by atoms with Crippen molar-refractivity contribution in [3.8, 4) is 17.1 Å². The lowest BCUT2D eigenvalue weighted by molar-refractivity contribution is -0.915. The SMILES string of the molecule is O=c1[nH]c(C[NH+]2CCN(c3ccc(O)cc3)CC2)nc2scc(-c3ccco3)c12. The fourth-order valence-corrected chi connectivity index (χ4v) is 4.80. The number of phenolic OH excluding ortho intramolecular Hbond substituents is 1. The summed E-state index contributed by atoms with van der Waals surface area (Å²) in [5, 5.41) is 12.0. The predicted octanol–water partition coefficient (Wildman–Crippen LogP) is 1.86. The van der Waals surface area contributed by atoms with Gasteiger partial charge in [-0.2, -0.15) is 0 Å². The van der Waals surface area contributed by atoms with Crippen molar-refractivity contribution in [1.82, 2.24) is 9.97 Å². The molecule has 0 aliphatic carbocycles. The topological polar surface area (TPSA) is 86.8 Å². The van der Waals surface area contributed by atoms with Crippen LogP contribution in [0.5, 0.6) is 5.75 Å². The highest BCUT2D eigenvalue weighted by Crippen LogP contribution is 2.30.